The number of fused-ring (bicyclic) bond motifs is 2. The van der Waals surface area contributed by atoms with Gasteiger partial charge in [-0.05, 0) is 38.1 Å². The van der Waals surface area contributed by atoms with Gasteiger partial charge in [0.1, 0.15) is 35.2 Å². The van der Waals surface area contributed by atoms with Crippen molar-refractivity contribution in [3.8, 4) is 11.5 Å². The van der Waals surface area contributed by atoms with Crippen LogP contribution in [-0.4, -0.2) is 60.7 Å². The molecule has 1 spiro atoms. The minimum absolute atomic E-state index is 0.262. The normalized spacial score (nSPS) is 16.4. The Morgan fingerprint density at radius 1 is 1.11 bits per heavy atom. The summed E-state index contributed by atoms with van der Waals surface area (Å²) in [5, 5.41) is 10.6. The van der Waals surface area contributed by atoms with E-state index >= 15 is 4.39 Å². The molecule has 37 heavy (non-hydrogen) atoms. The van der Waals surface area contributed by atoms with Crippen LogP contribution >= 0.6 is 0 Å². The van der Waals surface area contributed by atoms with Crippen molar-refractivity contribution in [1.29, 1.82) is 0 Å². The lowest BCUT2D eigenvalue weighted by molar-refractivity contribution is 0.240. The second-order valence-corrected chi connectivity index (χ2v) is 9.61. The summed E-state index contributed by atoms with van der Waals surface area (Å²) in [7, 11) is 0. The van der Waals surface area contributed by atoms with E-state index in [1.165, 1.54) is 19.1 Å². The summed E-state index contributed by atoms with van der Waals surface area (Å²) in [6.07, 6.45) is 7.47. The molecule has 0 saturated carbocycles. The van der Waals surface area contributed by atoms with Gasteiger partial charge in [-0.25, -0.2) is 33.8 Å². The Kier molecular flexibility index (Phi) is 4.89. The number of anilines is 3. The van der Waals surface area contributed by atoms with Crippen molar-refractivity contribution in [3.05, 3.63) is 60.7 Å². The van der Waals surface area contributed by atoms with E-state index in [2.05, 4.69) is 40.6 Å². The fourth-order valence-corrected chi connectivity index (χ4v) is 5.05. The third kappa shape index (κ3) is 3.76. The van der Waals surface area contributed by atoms with Crippen LogP contribution in [0.1, 0.15) is 12.0 Å². The van der Waals surface area contributed by atoms with Gasteiger partial charge in [-0.3, -0.25) is 0 Å². The minimum atomic E-state index is -0.444. The number of aromatic nitrogens is 7. The zero-order valence-electron chi connectivity index (χ0n) is 20.0. The number of halogens is 1. The number of rotatable bonds is 5. The van der Waals surface area contributed by atoms with Crippen molar-refractivity contribution in [2.24, 2.45) is 5.41 Å². The zero-order valence-corrected chi connectivity index (χ0v) is 20.0. The van der Waals surface area contributed by atoms with Crippen molar-refractivity contribution in [2.75, 3.05) is 36.4 Å². The Labute approximate surface area is 210 Å². The van der Waals surface area contributed by atoms with Crippen LogP contribution in [0.3, 0.4) is 0 Å². The molecule has 2 saturated heterocycles. The average Bonchev–Trinajstić information content (AvgIpc) is 3.57. The molecule has 186 valence electrons. The lowest BCUT2D eigenvalue weighted by Gasteiger charge is -2.47. The van der Waals surface area contributed by atoms with Crippen LogP contribution in [0.4, 0.5) is 21.8 Å². The maximum atomic E-state index is 15.4. The first-order valence-electron chi connectivity index (χ1n) is 12.0. The lowest BCUT2D eigenvalue weighted by Crippen LogP contribution is -2.58. The number of benzene rings is 1. The van der Waals surface area contributed by atoms with Crippen molar-refractivity contribution >= 4 is 34.1 Å². The summed E-state index contributed by atoms with van der Waals surface area (Å²) >= 11 is 0. The van der Waals surface area contributed by atoms with Gasteiger partial charge in [0.2, 0.25) is 5.95 Å². The highest BCUT2D eigenvalue weighted by molar-refractivity contribution is 5.87. The SMILES string of the molecule is Cc1c(Oc2ccn3ncnc3c2)ccc(Nc2ncnc3cnc(N4CC5(CCNC5)C4)nc23)c1F. The van der Waals surface area contributed by atoms with Crippen molar-refractivity contribution in [3.63, 3.8) is 0 Å². The van der Waals surface area contributed by atoms with E-state index in [4.69, 9.17) is 9.72 Å². The summed E-state index contributed by atoms with van der Waals surface area (Å²) in [5.41, 5.74) is 2.70. The first-order valence-corrected chi connectivity index (χ1v) is 12.0. The van der Waals surface area contributed by atoms with Crippen LogP contribution in [0.5, 0.6) is 11.5 Å². The zero-order chi connectivity index (χ0) is 25.0. The number of nitrogens with zero attached hydrogens (tertiary/aromatic N) is 8. The molecule has 5 aromatic rings. The molecule has 12 heteroatoms. The van der Waals surface area contributed by atoms with Gasteiger partial charge in [0.25, 0.3) is 0 Å². The first-order chi connectivity index (χ1) is 18.1. The number of hydrogen-bond donors (Lipinski definition) is 2. The van der Waals surface area contributed by atoms with Crippen LogP contribution < -0.4 is 20.3 Å². The molecule has 4 aromatic heterocycles. The van der Waals surface area contributed by atoms with Crippen LogP contribution in [0.2, 0.25) is 0 Å². The van der Waals surface area contributed by atoms with Gasteiger partial charge in [0.15, 0.2) is 17.3 Å². The number of ether oxygens (including phenoxy) is 1. The molecule has 0 unspecified atom stereocenters. The molecule has 1 aromatic carbocycles. The monoisotopic (exact) mass is 498 g/mol. The fraction of sp³-hybridized carbons (Fsp3) is 0.280. The second kappa shape index (κ2) is 8.30. The summed E-state index contributed by atoms with van der Waals surface area (Å²) < 4.78 is 23.0. The van der Waals surface area contributed by atoms with Crippen molar-refractivity contribution < 1.29 is 9.13 Å². The molecule has 6 heterocycles. The quantitative estimate of drug-likeness (QED) is 0.374. The first kappa shape index (κ1) is 21.8. The number of nitrogens with one attached hydrogen (secondary N) is 2. The van der Waals surface area contributed by atoms with Crippen LogP contribution in [-0.2, 0) is 0 Å². The number of pyridine rings is 1. The van der Waals surface area contributed by atoms with E-state index in [0.29, 0.717) is 50.9 Å². The average molecular weight is 499 g/mol. The number of hydrogen-bond acceptors (Lipinski definition) is 10. The summed E-state index contributed by atoms with van der Waals surface area (Å²) in [4.78, 5) is 24.2. The van der Waals surface area contributed by atoms with E-state index < -0.39 is 5.82 Å². The van der Waals surface area contributed by atoms with Gasteiger partial charge in [-0.15, -0.1) is 0 Å². The van der Waals surface area contributed by atoms with Crippen LogP contribution in [0.15, 0.2) is 49.3 Å². The van der Waals surface area contributed by atoms with Gasteiger partial charge in [0.05, 0.1) is 11.9 Å². The van der Waals surface area contributed by atoms with Gasteiger partial charge in [-0.1, -0.05) is 0 Å². The Morgan fingerprint density at radius 3 is 2.89 bits per heavy atom. The predicted octanol–water partition coefficient (Wildman–Crippen LogP) is 3.25. The van der Waals surface area contributed by atoms with Gasteiger partial charge in [0, 0.05) is 42.9 Å². The minimum Gasteiger partial charge on any atom is -0.457 e. The molecule has 0 amide bonds. The van der Waals surface area contributed by atoms with Crippen molar-refractivity contribution in [1.82, 2.24) is 39.9 Å². The third-order valence-corrected chi connectivity index (χ3v) is 7.10. The van der Waals surface area contributed by atoms with Crippen molar-refractivity contribution in [2.45, 2.75) is 13.3 Å². The maximum Gasteiger partial charge on any atom is 0.226 e. The van der Waals surface area contributed by atoms with Gasteiger partial charge < -0.3 is 20.3 Å². The molecule has 7 rings (SSSR count). The van der Waals surface area contributed by atoms with Crippen LogP contribution in [0, 0.1) is 18.2 Å². The fourth-order valence-electron chi connectivity index (χ4n) is 5.05. The molecule has 0 atom stereocenters. The maximum absolute atomic E-state index is 15.4. The van der Waals surface area contributed by atoms with E-state index in [9.17, 15) is 0 Å². The molecule has 0 bridgehead atoms. The third-order valence-electron chi connectivity index (χ3n) is 7.10. The Hall–Kier alpha value is -4.45. The molecule has 2 fully saturated rings. The summed E-state index contributed by atoms with van der Waals surface area (Å²) in [6.45, 7) is 5.59. The standard InChI is InChI=1S/C25H23FN10O/c1-15-19(37-16-4-7-36-20(8-16)30-14-32-36)3-2-17(21(15)26)33-23-22-18(29-13-31-23)9-28-24(34-22)35-11-25(12-35)5-6-27-10-25/h2-4,7-9,13-14,27H,5-6,10-12H2,1H3,(H,29,31,33). The van der Waals surface area contributed by atoms with E-state index in [-0.39, 0.29) is 5.69 Å². The van der Waals surface area contributed by atoms with Gasteiger partial charge in [-0.2, -0.15) is 5.10 Å². The molecular formula is C25H23FN10O. The molecule has 0 aliphatic carbocycles. The second-order valence-electron chi connectivity index (χ2n) is 9.61. The molecular weight excluding hydrogens is 475 g/mol. The van der Waals surface area contributed by atoms with Gasteiger partial charge >= 0.3 is 0 Å². The molecule has 2 aliphatic heterocycles. The highest BCUT2D eigenvalue weighted by Gasteiger charge is 2.45. The highest BCUT2D eigenvalue weighted by atomic mass is 19.1. The largest absolute Gasteiger partial charge is 0.457 e. The van der Waals surface area contributed by atoms with E-state index in [1.54, 1.807) is 48.1 Å². The van der Waals surface area contributed by atoms with E-state index in [0.717, 1.165) is 26.2 Å². The van der Waals surface area contributed by atoms with E-state index in [1.807, 2.05) is 0 Å². The Morgan fingerprint density at radius 2 is 2.03 bits per heavy atom. The molecule has 0 radical (unpaired) electrons. The summed E-state index contributed by atoms with van der Waals surface area (Å²) in [5.74, 6) is 1.54. The Balaban J connectivity index is 1.15. The Bertz CT molecular complexity index is 1640. The molecule has 2 N–H and O–H groups in total. The smallest absolute Gasteiger partial charge is 0.226 e. The lowest BCUT2D eigenvalue weighted by atomic mass is 9.79. The summed E-state index contributed by atoms with van der Waals surface area (Å²) in [6, 6.07) is 6.83. The molecule has 2 aliphatic rings. The highest BCUT2D eigenvalue weighted by Crippen LogP contribution is 2.38. The van der Waals surface area contributed by atoms with Crippen LogP contribution in [0.25, 0.3) is 16.7 Å². The molecule has 11 nitrogen and oxygen atoms in total. The topological polar surface area (TPSA) is 118 Å². The predicted molar refractivity (Wildman–Crippen MR) is 135 cm³/mol.